The first-order valence-corrected chi connectivity index (χ1v) is 6.64. The van der Waals surface area contributed by atoms with E-state index in [9.17, 15) is 8.78 Å². The van der Waals surface area contributed by atoms with Gasteiger partial charge in [-0.25, -0.2) is 8.78 Å². The Morgan fingerprint density at radius 3 is 2.33 bits per heavy atom. The van der Waals surface area contributed by atoms with E-state index < -0.39 is 11.6 Å². The van der Waals surface area contributed by atoms with Crippen LogP contribution < -0.4 is 5.32 Å². The van der Waals surface area contributed by atoms with Gasteiger partial charge in [0, 0.05) is 26.9 Å². The lowest BCUT2D eigenvalue weighted by atomic mass is 10.2. The molecule has 0 heterocycles. The monoisotopic (exact) mass is 379 g/mol. The fourth-order valence-corrected chi connectivity index (χ4v) is 2.61. The number of benzene rings is 2. The average molecular weight is 380 g/mol. The van der Waals surface area contributed by atoms with E-state index >= 15 is 0 Å². The van der Waals surface area contributed by atoms with Gasteiger partial charge in [0.2, 0.25) is 0 Å². The van der Waals surface area contributed by atoms with Crippen LogP contribution in [-0.4, -0.2) is 0 Å². The highest BCUT2D eigenvalue weighted by atomic mass is 127. The second kappa shape index (κ2) is 5.84. The molecular weight excluding hydrogens is 371 g/mol. The number of nitrogens with one attached hydrogen (secondary N) is 1. The molecule has 5 heteroatoms. The largest absolute Gasteiger partial charge is 0.380 e. The summed E-state index contributed by atoms with van der Waals surface area (Å²) >= 11 is 7.99. The molecule has 94 valence electrons. The van der Waals surface area contributed by atoms with Crippen molar-refractivity contribution in [1.82, 2.24) is 0 Å². The smallest absolute Gasteiger partial charge is 0.126 e. The van der Waals surface area contributed by atoms with Crippen LogP contribution in [0.5, 0.6) is 0 Å². The molecule has 0 aliphatic carbocycles. The molecule has 0 aliphatic rings. The molecule has 0 aromatic heterocycles. The SMILES string of the molecule is Fc1cc(F)cc(CNc2ccc(Cl)cc2I)c1. The van der Waals surface area contributed by atoms with Crippen LogP contribution in [0.1, 0.15) is 5.56 Å². The highest BCUT2D eigenvalue weighted by molar-refractivity contribution is 14.1. The van der Waals surface area contributed by atoms with Gasteiger partial charge in [0.05, 0.1) is 0 Å². The highest BCUT2D eigenvalue weighted by Gasteiger charge is 2.03. The molecule has 0 amide bonds. The molecule has 0 atom stereocenters. The van der Waals surface area contributed by atoms with E-state index in [-0.39, 0.29) is 0 Å². The zero-order valence-electron chi connectivity index (χ0n) is 9.18. The number of hydrogen-bond donors (Lipinski definition) is 1. The topological polar surface area (TPSA) is 12.0 Å². The summed E-state index contributed by atoms with van der Waals surface area (Å²) in [6.07, 6.45) is 0. The number of rotatable bonds is 3. The van der Waals surface area contributed by atoms with Crippen molar-refractivity contribution in [2.75, 3.05) is 5.32 Å². The molecule has 0 saturated carbocycles. The minimum Gasteiger partial charge on any atom is -0.380 e. The number of hydrogen-bond acceptors (Lipinski definition) is 1. The van der Waals surface area contributed by atoms with Crippen molar-refractivity contribution >= 4 is 39.9 Å². The van der Waals surface area contributed by atoms with Crippen molar-refractivity contribution in [2.45, 2.75) is 6.54 Å². The Labute approximate surface area is 122 Å². The Bertz CT molecular complexity index is 555. The Kier molecular flexibility index (Phi) is 4.40. The van der Waals surface area contributed by atoms with E-state index in [1.165, 1.54) is 12.1 Å². The van der Waals surface area contributed by atoms with Gasteiger partial charge in [-0.2, -0.15) is 0 Å². The third-order valence-corrected chi connectivity index (χ3v) is 3.46. The van der Waals surface area contributed by atoms with Gasteiger partial charge in [0.1, 0.15) is 11.6 Å². The first-order chi connectivity index (χ1) is 8.54. The van der Waals surface area contributed by atoms with Crippen molar-refractivity contribution in [3.05, 3.63) is 62.2 Å². The minimum absolute atomic E-state index is 0.353. The Morgan fingerprint density at radius 2 is 1.72 bits per heavy atom. The Hall–Kier alpha value is -0.880. The van der Waals surface area contributed by atoms with Gasteiger partial charge in [0.15, 0.2) is 0 Å². The summed E-state index contributed by atoms with van der Waals surface area (Å²) in [7, 11) is 0. The Balaban J connectivity index is 2.11. The molecule has 0 spiro atoms. The average Bonchev–Trinajstić information content (AvgIpc) is 2.26. The molecule has 1 nitrogen and oxygen atoms in total. The summed E-state index contributed by atoms with van der Waals surface area (Å²) < 4.78 is 27.0. The molecule has 2 aromatic carbocycles. The summed E-state index contributed by atoms with van der Waals surface area (Å²) in [4.78, 5) is 0. The summed E-state index contributed by atoms with van der Waals surface area (Å²) in [6.45, 7) is 0.353. The lowest BCUT2D eigenvalue weighted by Gasteiger charge is -2.09. The molecular formula is C13H9ClF2IN. The molecule has 2 aromatic rings. The van der Waals surface area contributed by atoms with E-state index in [1.54, 1.807) is 6.07 Å². The van der Waals surface area contributed by atoms with Crippen LogP contribution in [0.25, 0.3) is 0 Å². The van der Waals surface area contributed by atoms with Gasteiger partial charge >= 0.3 is 0 Å². The molecule has 0 unspecified atom stereocenters. The maximum atomic E-state index is 13.0. The lowest BCUT2D eigenvalue weighted by Crippen LogP contribution is -2.02. The maximum absolute atomic E-state index is 13.0. The summed E-state index contributed by atoms with van der Waals surface area (Å²) in [5.41, 5.74) is 1.43. The fraction of sp³-hybridized carbons (Fsp3) is 0.0769. The molecule has 0 saturated heterocycles. The maximum Gasteiger partial charge on any atom is 0.126 e. The van der Waals surface area contributed by atoms with Crippen LogP contribution in [0.3, 0.4) is 0 Å². The predicted molar refractivity (Wildman–Crippen MR) is 77.9 cm³/mol. The zero-order chi connectivity index (χ0) is 13.1. The molecule has 0 fully saturated rings. The first-order valence-electron chi connectivity index (χ1n) is 5.18. The second-order valence-electron chi connectivity index (χ2n) is 3.76. The minimum atomic E-state index is -0.572. The van der Waals surface area contributed by atoms with Gasteiger partial charge in [-0.1, -0.05) is 11.6 Å². The van der Waals surface area contributed by atoms with Gasteiger partial charge in [-0.3, -0.25) is 0 Å². The van der Waals surface area contributed by atoms with Crippen LogP contribution in [0, 0.1) is 15.2 Å². The van der Waals surface area contributed by atoms with Gasteiger partial charge in [0.25, 0.3) is 0 Å². The molecule has 0 bridgehead atoms. The standard InChI is InChI=1S/C13H9ClF2IN/c14-9-1-2-13(12(17)5-9)18-7-8-3-10(15)6-11(16)4-8/h1-6,18H,7H2. The molecule has 1 N–H and O–H groups in total. The van der Waals surface area contributed by atoms with Gasteiger partial charge in [-0.15, -0.1) is 0 Å². The highest BCUT2D eigenvalue weighted by Crippen LogP contribution is 2.23. The van der Waals surface area contributed by atoms with E-state index in [4.69, 9.17) is 11.6 Å². The van der Waals surface area contributed by atoms with Crippen molar-refractivity contribution in [2.24, 2.45) is 0 Å². The van der Waals surface area contributed by atoms with Crippen LogP contribution in [0.2, 0.25) is 5.02 Å². The normalized spacial score (nSPS) is 10.4. The van der Waals surface area contributed by atoms with E-state index in [0.717, 1.165) is 15.3 Å². The molecule has 0 radical (unpaired) electrons. The summed E-state index contributed by atoms with van der Waals surface area (Å²) in [5, 5.41) is 3.77. The zero-order valence-corrected chi connectivity index (χ0v) is 12.1. The van der Waals surface area contributed by atoms with E-state index in [0.29, 0.717) is 17.1 Å². The number of anilines is 1. The molecule has 2 rings (SSSR count). The molecule has 0 aliphatic heterocycles. The van der Waals surface area contributed by atoms with Crippen molar-refractivity contribution in [3.8, 4) is 0 Å². The van der Waals surface area contributed by atoms with Crippen LogP contribution in [0.15, 0.2) is 36.4 Å². The van der Waals surface area contributed by atoms with Gasteiger partial charge in [-0.05, 0) is 58.5 Å². The summed E-state index contributed by atoms with van der Waals surface area (Å²) in [5.74, 6) is -1.14. The fourth-order valence-electron chi connectivity index (χ4n) is 1.54. The van der Waals surface area contributed by atoms with Crippen LogP contribution >= 0.6 is 34.2 Å². The van der Waals surface area contributed by atoms with E-state index in [2.05, 4.69) is 27.9 Å². The lowest BCUT2D eigenvalue weighted by molar-refractivity contribution is 0.580. The van der Waals surface area contributed by atoms with Crippen molar-refractivity contribution in [3.63, 3.8) is 0 Å². The quantitative estimate of drug-likeness (QED) is 0.753. The van der Waals surface area contributed by atoms with Gasteiger partial charge < -0.3 is 5.32 Å². The van der Waals surface area contributed by atoms with Crippen LogP contribution in [0.4, 0.5) is 14.5 Å². The van der Waals surface area contributed by atoms with Crippen molar-refractivity contribution in [1.29, 1.82) is 0 Å². The third kappa shape index (κ3) is 3.55. The number of halogens is 4. The third-order valence-electron chi connectivity index (χ3n) is 2.34. The van der Waals surface area contributed by atoms with Crippen LogP contribution in [-0.2, 0) is 6.54 Å². The second-order valence-corrected chi connectivity index (χ2v) is 5.35. The summed E-state index contributed by atoms with van der Waals surface area (Å²) in [6, 6.07) is 8.88. The van der Waals surface area contributed by atoms with Crippen molar-refractivity contribution < 1.29 is 8.78 Å². The van der Waals surface area contributed by atoms with E-state index in [1.807, 2.05) is 12.1 Å². The first kappa shape index (κ1) is 13.5. The molecule has 18 heavy (non-hydrogen) atoms. The predicted octanol–water partition coefficient (Wildman–Crippen LogP) is 4.83. The Morgan fingerprint density at radius 1 is 1.06 bits per heavy atom.